The van der Waals surface area contributed by atoms with Gasteiger partial charge in [-0.1, -0.05) is 12.1 Å². The van der Waals surface area contributed by atoms with E-state index < -0.39 is 6.09 Å². The average Bonchev–Trinajstić information content (AvgIpc) is 2.64. The summed E-state index contributed by atoms with van der Waals surface area (Å²) in [7, 11) is 1.34. The third-order valence-corrected chi connectivity index (χ3v) is 3.89. The van der Waals surface area contributed by atoms with Crippen molar-refractivity contribution in [1.29, 1.82) is 0 Å². The van der Waals surface area contributed by atoms with E-state index in [0.717, 1.165) is 5.56 Å². The molecule has 140 valence electrons. The van der Waals surface area contributed by atoms with Crippen LogP contribution in [0.25, 0.3) is 0 Å². The van der Waals surface area contributed by atoms with Gasteiger partial charge < -0.3 is 25.0 Å². The van der Waals surface area contributed by atoms with Crippen molar-refractivity contribution in [3.05, 3.63) is 29.8 Å². The summed E-state index contributed by atoms with van der Waals surface area (Å²) in [4.78, 5) is 24.6. The standard InChI is InChI=1S/C18H29N3O4/c1-5-21(6-2)17(22)13-25-16-9-7-15(8-10-16)14(3)19-11-12-20-18(23)24-4/h7-10,14,19H,5-6,11-13H2,1-4H3,(H,20,23). The van der Waals surface area contributed by atoms with Crippen molar-refractivity contribution < 1.29 is 19.1 Å². The van der Waals surface area contributed by atoms with Gasteiger partial charge in [0.15, 0.2) is 6.61 Å². The molecule has 1 aromatic rings. The number of likely N-dealkylation sites (N-methyl/N-ethyl adjacent to an activating group) is 1. The Hall–Kier alpha value is -2.28. The Morgan fingerprint density at radius 2 is 1.76 bits per heavy atom. The zero-order valence-electron chi connectivity index (χ0n) is 15.5. The lowest BCUT2D eigenvalue weighted by molar-refractivity contribution is -0.132. The Balaban J connectivity index is 2.39. The highest BCUT2D eigenvalue weighted by atomic mass is 16.5. The van der Waals surface area contributed by atoms with Crippen molar-refractivity contribution in [3.8, 4) is 5.75 Å². The molecule has 0 spiro atoms. The predicted octanol–water partition coefficient (Wildman–Crippen LogP) is 1.94. The molecule has 0 aliphatic heterocycles. The Morgan fingerprint density at radius 1 is 1.12 bits per heavy atom. The maximum absolute atomic E-state index is 11.9. The molecule has 1 rings (SSSR count). The van der Waals surface area contributed by atoms with Crippen LogP contribution in [0.3, 0.4) is 0 Å². The summed E-state index contributed by atoms with van der Waals surface area (Å²) in [6, 6.07) is 7.77. The van der Waals surface area contributed by atoms with E-state index in [4.69, 9.17) is 4.74 Å². The fourth-order valence-electron chi connectivity index (χ4n) is 2.31. The SMILES string of the molecule is CCN(CC)C(=O)COc1ccc(C(C)NCCNC(=O)OC)cc1. The number of nitrogens with zero attached hydrogens (tertiary/aromatic N) is 1. The number of hydrogen-bond acceptors (Lipinski definition) is 5. The lowest BCUT2D eigenvalue weighted by Crippen LogP contribution is -2.34. The number of nitrogens with one attached hydrogen (secondary N) is 2. The van der Waals surface area contributed by atoms with Crippen molar-refractivity contribution in [3.63, 3.8) is 0 Å². The molecule has 1 aromatic carbocycles. The number of ether oxygens (including phenoxy) is 2. The van der Waals surface area contributed by atoms with Crippen molar-refractivity contribution >= 4 is 12.0 Å². The molecule has 25 heavy (non-hydrogen) atoms. The monoisotopic (exact) mass is 351 g/mol. The van der Waals surface area contributed by atoms with Crippen LogP contribution < -0.4 is 15.4 Å². The topological polar surface area (TPSA) is 79.9 Å². The van der Waals surface area contributed by atoms with E-state index in [0.29, 0.717) is 31.9 Å². The summed E-state index contributed by atoms with van der Waals surface area (Å²) in [6.45, 7) is 8.48. The van der Waals surface area contributed by atoms with Crippen LogP contribution in [-0.2, 0) is 9.53 Å². The largest absolute Gasteiger partial charge is 0.484 e. The summed E-state index contributed by atoms with van der Waals surface area (Å²) in [5, 5.41) is 5.92. The van der Waals surface area contributed by atoms with Gasteiger partial charge in [0.05, 0.1) is 7.11 Å². The van der Waals surface area contributed by atoms with Crippen LogP contribution in [0.15, 0.2) is 24.3 Å². The highest BCUT2D eigenvalue weighted by Gasteiger charge is 2.10. The van der Waals surface area contributed by atoms with Gasteiger partial charge in [0.2, 0.25) is 0 Å². The average molecular weight is 351 g/mol. The fraction of sp³-hybridized carbons (Fsp3) is 0.556. The summed E-state index contributed by atoms with van der Waals surface area (Å²) in [5.41, 5.74) is 1.10. The van der Waals surface area contributed by atoms with Gasteiger partial charge in [-0.05, 0) is 38.5 Å². The van der Waals surface area contributed by atoms with Crippen molar-refractivity contribution in [1.82, 2.24) is 15.5 Å². The molecule has 0 aromatic heterocycles. The first kappa shape index (κ1) is 20.8. The summed E-state index contributed by atoms with van der Waals surface area (Å²) >= 11 is 0. The van der Waals surface area contributed by atoms with Crippen molar-refractivity contribution in [2.75, 3.05) is 39.9 Å². The highest BCUT2D eigenvalue weighted by molar-refractivity contribution is 5.77. The van der Waals surface area contributed by atoms with Gasteiger partial charge in [0.25, 0.3) is 5.91 Å². The number of benzene rings is 1. The molecule has 2 amide bonds. The normalized spacial score (nSPS) is 11.5. The lowest BCUT2D eigenvalue weighted by atomic mass is 10.1. The van der Waals surface area contributed by atoms with E-state index in [9.17, 15) is 9.59 Å². The first-order chi connectivity index (χ1) is 12.0. The third-order valence-electron chi connectivity index (χ3n) is 3.89. The van der Waals surface area contributed by atoms with Crippen LogP contribution in [0, 0.1) is 0 Å². The maximum atomic E-state index is 11.9. The van der Waals surface area contributed by atoms with Crippen LogP contribution in [0.2, 0.25) is 0 Å². The van der Waals surface area contributed by atoms with Gasteiger partial charge in [0, 0.05) is 32.2 Å². The van der Waals surface area contributed by atoms with Crippen LogP contribution in [0.4, 0.5) is 4.79 Å². The number of methoxy groups -OCH3 is 1. The summed E-state index contributed by atoms with van der Waals surface area (Å²) in [6.07, 6.45) is -0.435. The van der Waals surface area contributed by atoms with Crippen molar-refractivity contribution in [2.45, 2.75) is 26.8 Å². The van der Waals surface area contributed by atoms with Crippen LogP contribution in [-0.4, -0.2) is 56.8 Å². The van der Waals surface area contributed by atoms with E-state index in [1.807, 2.05) is 45.0 Å². The quantitative estimate of drug-likeness (QED) is 0.630. The van der Waals surface area contributed by atoms with Gasteiger partial charge in [-0.2, -0.15) is 0 Å². The molecule has 7 heteroatoms. The minimum absolute atomic E-state index is 0.0118. The van der Waals surface area contributed by atoms with E-state index >= 15 is 0 Å². The summed E-state index contributed by atoms with van der Waals surface area (Å²) < 4.78 is 10.1. The molecule has 0 saturated carbocycles. The number of hydrogen-bond donors (Lipinski definition) is 2. The van der Waals surface area contributed by atoms with E-state index in [1.54, 1.807) is 4.90 Å². The van der Waals surface area contributed by atoms with Crippen LogP contribution >= 0.6 is 0 Å². The Bertz CT molecular complexity index is 530. The second-order valence-electron chi connectivity index (χ2n) is 5.52. The molecule has 0 heterocycles. The summed E-state index contributed by atoms with van der Waals surface area (Å²) in [5.74, 6) is 0.658. The highest BCUT2D eigenvalue weighted by Crippen LogP contribution is 2.17. The number of carbonyl (C=O) groups excluding carboxylic acids is 2. The lowest BCUT2D eigenvalue weighted by Gasteiger charge is -2.19. The molecule has 0 bridgehead atoms. The van der Waals surface area contributed by atoms with Crippen LogP contribution in [0.1, 0.15) is 32.4 Å². The Kier molecular flexibility index (Phi) is 9.39. The molecule has 0 aliphatic rings. The molecule has 0 aliphatic carbocycles. The molecule has 2 N–H and O–H groups in total. The van der Waals surface area contributed by atoms with Crippen LogP contribution in [0.5, 0.6) is 5.75 Å². The molecule has 7 nitrogen and oxygen atoms in total. The zero-order chi connectivity index (χ0) is 18.7. The molecular formula is C18H29N3O4. The molecule has 0 radical (unpaired) electrons. The van der Waals surface area contributed by atoms with Gasteiger partial charge >= 0.3 is 6.09 Å². The predicted molar refractivity (Wildman–Crippen MR) is 96.7 cm³/mol. The first-order valence-corrected chi connectivity index (χ1v) is 8.57. The zero-order valence-corrected chi connectivity index (χ0v) is 15.5. The second kappa shape index (κ2) is 11.3. The van der Waals surface area contributed by atoms with E-state index in [-0.39, 0.29) is 18.6 Å². The van der Waals surface area contributed by atoms with Gasteiger partial charge in [-0.3, -0.25) is 4.79 Å². The number of amides is 2. The second-order valence-corrected chi connectivity index (χ2v) is 5.52. The minimum atomic E-state index is -0.435. The number of alkyl carbamates (subject to hydrolysis) is 1. The minimum Gasteiger partial charge on any atom is -0.484 e. The van der Waals surface area contributed by atoms with E-state index in [2.05, 4.69) is 15.4 Å². The first-order valence-electron chi connectivity index (χ1n) is 8.57. The molecular weight excluding hydrogens is 322 g/mol. The molecule has 0 fully saturated rings. The number of carbonyl (C=O) groups is 2. The Morgan fingerprint density at radius 3 is 2.32 bits per heavy atom. The van der Waals surface area contributed by atoms with Gasteiger partial charge in [-0.25, -0.2) is 4.79 Å². The van der Waals surface area contributed by atoms with E-state index in [1.165, 1.54) is 7.11 Å². The molecule has 1 atom stereocenters. The maximum Gasteiger partial charge on any atom is 0.406 e. The number of rotatable bonds is 10. The third kappa shape index (κ3) is 7.43. The van der Waals surface area contributed by atoms with Gasteiger partial charge in [-0.15, -0.1) is 0 Å². The smallest absolute Gasteiger partial charge is 0.406 e. The Labute approximate surface area is 149 Å². The van der Waals surface area contributed by atoms with Gasteiger partial charge in [0.1, 0.15) is 5.75 Å². The molecule has 0 saturated heterocycles. The van der Waals surface area contributed by atoms with Crippen molar-refractivity contribution in [2.24, 2.45) is 0 Å². The fourth-order valence-corrected chi connectivity index (χ4v) is 2.31. The molecule has 1 unspecified atom stereocenters.